The number of thiazole rings is 1. The van der Waals surface area contributed by atoms with E-state index < -0.39 is 5.82 Å². The van der Waals surface area contributed by atoms with Gasteiger partial charge in [0.1, 0.15) is 23.1 Å². The van der Waals surface area contributed by atoms with Crippen LogP contribution in [0.4, 0.5) is 16.2 Å². The van der Waals surface area contributed by atoms with Crippen LogP contribution in [0.15, 0.2) is 58.4 Å². The van der Waals surface area contributed by atoms with E-state index in [2.05, 4.69) is 24.9 Å². The van der Waals surface area contributed by atoms with E-state index >= 15 is 0 Å². The van der Waals surface area contributed by atoms with E-state index in [4.69, 9.17) is 32.9 Å². The maximum Gasteiger partial charge on any atom is 0.225 e. The predicted octanol–water partition coefficient (Wildman–Crippen LogP) is 6.37. The summed E-state index contributed by atoms with van der Waals surface area (Å²) in [5.74, 6) is 1.43. The van der Waals surface area contributed by atoms with Crippen molar-refractivity contribution >= 4 is 58.3 Å². The number of piperazine rings is 1. The smallest absolute Gasteiger partial charge is 0.225 e. The fourth-order valence-electron chi connectivity index (χ4n) is 3.46. The molecule has 1 fully saturated rings. The predicted molar refractivity (Wildman–Crippen MR) is 141 cm³/mol. The lowest BCUT2D eigenvalue weighted by Crippen LogP contribution is -2.44. The average molecular weight is 549 g/mol. The topological polar surface area (TPSA) is 75.2 Å². The summed E-state index contributed by atoms with van der Waals surface area (Å²) < 4.78 is 23.9. The van der Waals surface area contributed by atoms with Crippen LogP contribution < -0.4 is 19.7 Å². The molecule has 4 aromatic rings. The fraction of sp³-hybridized carbons (Fsp3) is 0.174. The van der Waals surface area contributed by atoms with Crippen molar-refractivity contribution in [3.63, 3.8) is 0 Å². The Labute approximate surface area is 219 Å². The molecule has 2 N–H and O–H groups in total. The number of nitrogens with zero attached hydrogens (tertiary/aromatic N) is 4. The van der Waals surface area contributed by atoms with Crippen molar-refractivity contribution in [2.24, 2.45) is 0 Å². The van der Waals surface area contributed by atoms with E-state index in [-0.39, 0.29) is 10.8 Å². The highest BCUT2D eigenvalue weighted by Crippen LogP contribution is 2.39. The number of nitrogens with one attached hydrogen (secondary N) is 2. The van der Waals surface area contributed by atoms with E-state index in [0.717, 1.165) is 38.1 Å². The van der Waals surface area contributed by atoms with Gasteiger partial charge < -0.3 is 19.7 Å². The lowest BCUT2D eigenvalue weighted by Gasteiger charge is -2.27. The van der Waals surface area contributed by atoms with Gasteiger partial charge in [0.25, 0.3) is 0 Å². The van der Waals surface area contributed by atoms with Gasteiger partial charge in [-0.25, -0.2) is 19.3 Å². The average Bonchev–Trinajstić information content (AvgIpc) is 3.40. The molecule has 5 rings (SSSR count). The molecular formula is C23H19Cl2FN6OS2. The van der Waals surface area contributed by atoms with E-state index in [1.165, 1.54) is 23.5 Å². The van der Waals surface area contributed by atoms with E-state index in [1.54, 1.807) is 36.0 Å². The Hall–Kier alpha value is -2.63. The Morgan fingerprint density at radius 3 is 2.74 bits per heavy atom. The molecule has 180 valence electrons. The van der Waals surface area contributed by atoms with Crippen molar-refractivity contribution in [3.8, 4) is 22.8 Å². The zero-order valence-electron chi connectivity index (χ0n) is 18.2. The number of aromatic nitrogens is 3. The normalized spacial score (nSPS) is 13.6. The van der Waals surface area contributed by atoms with Crippen molar-refractivity contribution in [1.82, 2.24) is 20.3 Å². The summed E-state index contributed by atoms with van der Waals surface area (Å²) in [5, 5.41) is 5.93. The number of anilines is 2. The largest absolute Gasteiger partial charge is 0.455 e. The summed E-state index contributed by atoms with van der Waals surface area (Å²) >= 11 is 15.3. The third kappa shape index (κ3) is 5.79. The summed E-state index contributed by atoms with van der Waals surface area (Å²) in [6.07, 6.45) is 1.71. The lowest BCUT2D eigenvalue weighted by atomic mass is 10.1. The Morgan fingerprint density at radius 2 is 1.94 bits per heavy atom. The minimum Gasteiger partial charge on any atom is -0.455 e. The maximum atomic E-state index is 14.8. The first kappa shape index (κ1) is 24.1. The maximum absolute atomic E-state index is 14.8. The molecule has 0 radical (unpaired) electrons. The monoisotopic (exact) mass is 548 g/mol. The summed E-state index contributed by atoms with van der Waals surface area (Å²) in [6.45, 7) is 3.38. The molecular weight excluding hydrogens is 530 g/mol. The van der Waals surface area contributed by atoms with Crippen LogP contribution in [-0.4, -0.2) is 41.1 Å². The molecule has 0 bridgehead atoms. The standard InChI is InChI=1S/C23H19Cl2FN6OS2/c24-14-1-2-19(15(9-14)18-3-4-28-23(30-18)32-7-5-27-6-8-32)33-20-11-17(26)21(10-16(20)25)35-31-22-12-34-13-29-22/h1-4,9-13,27,31H,5-8H2. The van der Waals surface area contributed by atoms with Crippen LogP contribution in [0.1, 0.15) is 0 Å². The molecule has 1 aliphatic rings. The molecule has 3 heterocycles. The van der Waals surface area contributed by atoms with Gasteiger partial charge in [0.15, 0.2) is 0 Å². The van der Waals surface area contributed by atoms with Crippen molar-refractivity contribution in [2.75, 3.05) is 35.8 Å². The van der Waals surface area contributed by atoms with Crippen molar-refractivity contribution in [1.29, 1.82) is 0 Å². The molecule has 2 aromatic heterocycles. The first-order valence-corrected chi connectivity index (χ1v) is 13.1. The number of hydrogen-bond donors (Lipinski definition) is 2. The summed E-state index contributed by atoms with van der Waals surface area (Å²) in [4.78, 5) is 15.7. The second-order valence-electron chi connectivity index (χ2n) is 7.51. The van der Waals surface area contributed by atoms with Gasteiger partial charge in [-0.1, -0.05) is 23.2 Å². The van der Waals surface area contributed by atoms with E-state index in [0.29, 0.717) is 38.7 Å². The van der Waals surface area contributed by atoms with Gasteiger partial charge in [-0.05, 0) is 42.3 Å². The molecule has 1 aliphatic heterocycles. The van der Waals surface area contributed by atoms with Crippen molar-refractivity contribution < 1.29 is 9.13 Å². The minimum atomic E-state index is -0.476. The first-order valence-electron chi connectivity index (χ1n) is 10.6. The molecule has 0 atom stereocenters. The zero-order valence-corrected chi connectivity index (χ0v) is 21.3. The van der Waals surface area contributed by atoms with Gasteiger partial charge >= 0.3 is 0 Å². The highest BCUT2D eigenvalue weighted by atomic mass is 35.5. The highest BCUT2D eigenvalue weighted by Gasteiger charge is 2.18. The van der Waals surface area contributed by atoms with Gasteiger partial charge in [0.2, 0.25) is 5.95 Å². The highest BCUT2D eigenvalue weighted by molar-refractivity contribution is 8.00. The van der Waals surface area contributed by atoms with Crippen LogP contribution >= 0.6 is 46.5 Å². The molecule has 0 unspecified atom stereocenters. The number of halogens is 3. The Balaban J connectivity index is 1.41. The van der Waals surface area contributed by atoms with Crippen LogP contribution in [0, 0.1) is 5.82 Å². The summed E-state index contributed by atoms with van der Waals surface area (Å²) in [6, 6.07) is 9.73. The molecule has 0 saturated carbocycles. The third-order valence-corrected chi connectivity index (χ3v) is 7.13. The van der Waals surface area contributed by atoms with Gasteiger partial charge in [-0.3, -0.25) is 0 Å². The van der Waals surface area contributed by atoms with Crippen molar-refractivity contribution in [2.45, 2.75) is 4.90 Å². The molecule has 1 saturated heterocycles. The van der Waals surface area contributed by atoms with E-state index in [1.807, 2.05) is 5.38 Å². The van der Waals surface area contributed by atoms with Crippen LogP contribution in [0.5, 0.6) is 11.5 Å². The SMILES string of the molecule is Fc1cc(Oc2ccc(Cl)cc2-c2ccnc(N3CCNCC3)n2)c(Cl)cc1SNc1cscn1. The number of rotatable bonds is 7. The van der Waals surface area contributed by atoms with Crippen LogP contribution in [-0.2, 0) is 0 Å². The van der Waals surface area contributed by atoms with E-state index in [9.17, 15) is 4.39 Å². The molecule has 35 heavy (non-hydrogen) atoms. The molecule has 0 amide bonds. The third-order valence-electron chi connectivity index (χ3n) is 5.16. The Morgan fingerprint density at radius 1 is 1.09 bits per heavy atom. The molecule has 0 spiro atoms. The van der Waals surface area contributed by atoms with Gasteiger partial charge in [-0.15, -0.1) is 11.3 Å². The Bertz CT molecular complexity index is 1320. The molecule has 7 nitrogen and oxygen atoms in total. The molecule has 2 aromatic carbocycles. The van der Waals surface area contributed by atoms with Crippen LogP contribution in [0.25, 0.3) is 11.3 Å². The van der Waals surface area contributed by atoms with Crippen LogP contribution in [0.3, 0.4) is 0 Å². The lowest BCUT2D eigenvalue weighted by molar-refractivity contribution is 0.476. The number of hydrogen-bond acceptors (Lipinski definition) is 9. The van der Waals surface area contributed by atoms with Crippen molar-refractivity contribution in [3.05, 3.63) is 69.3 Å². The Kier molecular flexibility index (Phi) is 7.54. The zero-order chi connectivity index (χ0) is 24.2. The second kappa shape index (κ2) is 11.0. The number of ether oxygens (including phenoxy) is 1. The fourth-order valence-corrected chi connectivity index (χ4v) is 5.12. The van der Waals surface area contributed by atoms with Crippen LogP contribution in [0.2, 0.25) is 10.0 Å². The molecule has 0 aliphatic carbocycles. The summed E-state index contributed by atoms with van der Waals surface area (Å²) in [7, 11) is 0. The minimum absolute atomic E-state index is 0.183. The second-order valence-corrected chi connectivity index (χ2v) is 9.92. The van der Waals surface area contributed by atoms with Gasteiger partial charge in [0.05, 0.1) is 21.1 Å². The van der Waals surface area contributed by atoms with Gasteiger partial charge in [-0.2, -0.15) is 0 Å². The quantitative estimate of drug-likeness (QED) is 0.258. The number of benzene rings is 2. The first-order chi connectivity index (χ1) is 17.1. The molecule has 12 heteroatoms. The summed E-state index contributed by atoms with van der Waals surface area (Å²) in [5.41, 5.74) is 2.98. The van der Waals surface area contributed by atoms with Gasteiger partial charge in [0, 0.05) is 54.4 Å².